The number of esters is 2. The van der Waals surface area contributed by atoms with Crippen LogP contribution in [0.4, 0.5) is 5.69 Å². The standard InChI is InChI=1S/C17H19Cl2NO5/c1-5-24-16(22)11(10(4)21)8-20-13-7-6-12(18)14(15(13)19)17(23)25-9(2)3/h6-9,20H,5H2,1-4H3. The van der Waals surface area contributed by atoms with E-state index >= 15 is 0 Å². The van der Waals surface area contributed by atoms with Crippen LogP contribution in [0.2, 0.25) is 10.0 Å². The number of anilines is 1. The SMILES string of the molecule is CCOC(=O)C(=CNc1ccc(Cl)c(C(=O)OC(C)C)c1Cl)C(C)=O. The Balaban J connectivity index is 3.18. The minimum atomic E-state index is -0.757. The second-order valence-corrected chi connectivity index (χ2v) is 6.00. The van der Waals surface area contributed by atoms with Gasteiger partial charge in [0.2, 0.25) is 0 Å². The van der Waals surface area contributed by atoms with E-state index in [9.17, 15) is 14.4 Å². The maximum Gasteiger partial charge on any atom is 0.343 e. The molecule has 0 saturated carbocycles. The average Bonchev–Trinajstić information content (AvgIpc) is 2.48. The quantitative estimate of drug-likeness (QED) is 0.329. The Labute approximate surface area is 156 Å². The fraction of sp³-hybridized carbons (Fsp3) is 0.353. The molecule has 1 aromatic carbocycles. The number of carbonyl (C=O) groups excluding carboxylic acids is 3. The van der Waals surface area contributed by atoms with E-state index in [0.29, 0.717) is 0 Å². The van der Waals surface area contributed by atoms with E-state index in [1.165, 1.54) is 25.3 Å². The Morgan fingerprint density at radius 2 is 1.88 bits per heavy atom. The first-order chi connectivity index (χ1) is 11.7. The molecule has 0 amide bonds. The maximum atomic E-state index is 12.1. The number of ether oxygens (including phenoxy) is 2. The number of benzene rings is 1. The van der Waals surface area contributed by atoms with Crippen LogP contribution in [0.1, 0.15) is 38.1 Å². The Morgan fingerprint density at radius 3 is 2.40 bits per heavy atom. The predicted molar refractivity (Wildman–Crippen MR) is 96.0 cm³/mol. The first-order valence-corrected chi connectivity index (χ1v) is 8.28. The summed E-state index contributed by atoms with van der Waals surface area (Å²) in [5.74, 6) is -1.91. The molecule has 25 heavy (non-hydrogen) atoms. The van der Waals surface area contributed by atoms with Crippen molar-refractivity contribution in [1.29, 1.82) is 0 Å². The predicted octanol–water partition coefficient (Wildman–Crippen LogP) is 4.01. The van der Waals surface area contributed by atoms with Crippen LogP contribution >= 0.6 is 23.2 Å². The Morgan fingerprint density at radius 1 is 1.24 bits per heavy atom. The summed E-state index contributed by atoms with van der Waals surface area (Å²) in [4.78, 5) is 35.5. The van der Waals surface area contributed by atoms with Gasteiger partial charge in [0.15, 0.2) is 5.78 Å². The van der Waals surface area contributed by atoms with Gasteiger partial charge in [-0.05, 0) is 39.8 Å². The third-order valence-corrected chi connectivity index (χ3v) is 3.59. The van der Waals surface area contributed by atoms with Crippen molar-refractivity contribution in [2.24, 2.45) is 0 Å². The highest BCUT2D eigenvalue weighted by molar-refractivity contribution is 6.41. The zero-order valence-corrected chi connectivity index (χ0v) is 15.8. The summed E-state index contributed by atoms with van der Waals surface area (Å²) < 4.78 is 9.92. The highest BCUT2D eigenvalue weighted by Crippen LogP contribution is 2.32. The van der Waals surface area contributed by atoms with Crippen molar-refractivity contribution in [3.8, 4) is 0 Å². The second kappa shape index (κ2) is 9.44. The van der Waals surface area contributed by atoms with Gasteiger partial charge in [0.05, 0.1) is 34.0 Å². The van der Waals surface area contributed by atoms with E-state index in [-0.39, 0.29) is 39.6 Å². The molecule has 136 valence electrons. The highest BCUT2D eigenvalue weighted by Gasteiger charge is 2.21. The summed E-state index contributed by atoms with van der Waals surface area (Å²) in [6, 6.07) is 2.97. The average molecular weight is 388 g/mol. The normalized spacial score (nSPS) is 11.2. The van der Waals surface area contributed by atoms with Crippen LogP contribution in [0.25, 0.3) is 0 Å². The van der Waals surface area contributed by atoms with E-state index < -0.39 is 17.7 Å². The summed E-state index contributed by atoms with van der Waals surface area (Å²) in [6.45, 7) is 6.40. The van der Waals surface area contributed by atoms with Gasteiger partial charge in [0.25, 0.3) is 0 Å². The summed E-state index contributed by atoms with van der Waals surface area (Å²) in [5, 5.41) is 2.87. The second-order valence-electron chi connectivity index (χ2n) is 5.22. The molecular weight excluding hydrogens is 369 g/mol. The summed E-state index contributed by atoms with van der Waals surface area (Å²) in [6.07, 6.45) is 0.830. The molecular formula is C17H19Cl2NO5. The zero-order valence-electron chi connectivity index (χ0n) is 14.3. The molecule has 0 aliphatic heterocycles. The lowest BCUT2D eigenvalue weighted by molar-refractivity contribution is -0.139. The molecule has 0 aromatic heterocycles. The third kappa shape index (κ3) is 5.76. The van der Waals surface area contributed by atoms with Crippen LogP contribution in [0, 0.1) is 0 Å². The molecule has 8 heteroatoms. The fourth-order valence-electron chi connectivity index (χ4n) is 1.79. The molecule has 0 atom stereocenters. The molecule has 0 aliphatic rings. The van der Waals surface area contributed by atoms with Crippen molar-refractivity contribution in [2.45, 2.75) is 33.8 Å². The van der Waals surface area contributed by atoms with Crippen LogP contribution in [0.3, 0.4) is 0 Å². The van der Waals surface area contributed by atoms with Crippen molar-refractivity contribution < 1.29 is 23.9 Å². The third-order valence-electron chi connectivity index (χ3n) is 2.88. The Hall–Kier alpha value is -2.05. The number of carbonyl (C=O) groups is 3. The van der Waals surface area contributed by atoms with Crippen molar-refractivity contribution in [2.75, 3.05) is 11.9 Å². The lowest BCUT2D eigenvalue weighted by Crippen LogP contribution is -2.15. The molecule has 0 radical (unpaired) electrons. The van der Waals surface area contributed by atoms with Gasteiger partial charge >= 0.3 is 11.9 Å². The molecule has 0 saturated heterocycles. The smallest absolute Gasteiger partial charge is 0.343 e. The number of rotatable bonds is 7. The molecule has 0 fully saturated rings. The van der Waals surface area contributed by atoms with Crippen LogP contribution in [0.5, 0.6) is 0 Å². The van der Waals surface area contributed by atoms with Gasteiger partial charge in [0.1, 0.15) is 5.57 Å². The van der Waals surface area contributed by atoms with Gasteiger partial charge < -0.3 is 14.8 Å². The number of ketones is 1. The number of halogens is 2. The maximum absolute atomic E-state index is 12.1. The van der Waals surface area contributed by atoms with Crippen molar-refractivity contribution in [1.82, 2.24) is 0 Å². The van der Waals surface area contributed by atoms with Gasteiger partial charge in [-0.3, -0.25) is 4.79 Å². The minimum Gasteiger partial charge on any atom is -0.462 e. The number of nitrogens with one attached hydrogen (secondary N) is 1. The molecule has 1 N–H and O–H groups in total. The molecule has 6 nitrogen and oxygen atoms in total. The zero-order chi connectivity index (χ0) is 19.1. The van der Waals surface area contributed by atoms with E-state index in [4.69, 9.17) is 32.7 Å². The van der Waals surface area contributed by atoms with Crippen molar-refractivity contribution >= 4 is 46.6 Å². The molecule has 0 bridgehead atoms. The van der Waals surface area contributed by atoms with E-state index in [1.807, 2.05) is 0 Å². The summed E-state index contributed by atoms with van der Waals surface area (Å²) >= 11 is 12.2. The van der Waals surface area contributed by atoms with E-state index in [1.54, 1.807) is 20.8 Å². The number of hydrogen-bond donors (Lipinski definition) is 1. The van der Waals surface area contributed by atoms with E-state index in [2.05, 4.69) is 5.32 Å². The molecule has 0 aliphatic carbocycles. The summed E-state index contributed by atoms with van der Waals surface area (Å²) in [7, 11) is 0. The monoisotopic (exact) mass is 387 g/mol. The molecule has 1 aromatic rings. The van der Waals surface area contributed by atoms with Crippen LogP contribution in [0.15, 0.2) is 23.9 Å². The molecule has 0 spiro atoms. The number of Topliss-reactive ketones (excluding diaryl/α,β-unsaturated/α-hetero) is 1. The molecule has 0 unspecified atom stereocenters. The topological polar surface area (TPSA) is 81.7 Å². The number of hydrogen-bond acceptors (Lipinski definition) is 6. The van der Waals surface area contributed by atoms with Crippen LogP contribution in [-0.4, -0.2) is 30.4 Å². The molecule has 0 heterocycles. The van der Waals surface area contributed by atoms with Gasteiger partial charge in [0, 0.05) is 6.20 Å². The van der Waals surface area contributed by atoms with Gasteiger partial charge in [-0.15, -0.1) is 0 Å². The molecule has 1 rings (SSSR count). The van der Waals surface area contributed by atoms with Gasteiger partial charge in [-0.1, -0.05) is 23.2 Å². The van der Waals surface area contributed by atoms with Crippen molar-refractivity contribution in [3.05, 3.63) is 39.5 Å². The summed E-state index contributed by atoms with van der Waals surface area (Å²) in [5.41, 5.74) is 0.0972. The lowest BCUT2D eigenvalue weighted by Gasteiger charge is -2.13. The fourth-order valence-corrected chi connectivity index (χ4v) is 2.37. The van der Waals surface area contributed by atoms with Crippen molar-refractivity contribution in [3.63, 3.8) is 0 Å². The Bertz CT molecular complexity index is 713. The minimum absolute atomic E-state index is 0.00376. The first-order valence-electron chi connectivity index (χ1n) is 7.52. The lowest BCUT2D eigenvalue weighted by atomic mass is 10.1. The highest BCUT2D eigenvalue weighted by atomic mass is 35.5. The van der Waals surface area contributed by atoms with Crippen LogP contribution < -0.4 is 5.32 Å². The van der Waals surface area contributed by atoms with Gasteiger partial charge in [-0.25, -0.2) is 9.59 Å². The van der Waals surface area contributed by atoms with Crippen LogP contribution in [-0.2, 0) is 19.1 Å². The van der Waals surface area contributed by atoms with E-state index in [0.717, 1.165) is 0 Å². The Kier molecular flexibility index (Phi) is 7.93. The van der Waals surface area contributed by atoms with Gasteiger partial charge in [-0.2, -0.15) is 0 Å². The largest absolute Gasteiger partial charge is 0.462 e. The first kappa shape index (κ1) is 21.0.